The third-order valence-corrected chi connectivity index (χ3v) is 4.32. The lowest BCUT2D eigenvalue weighted by Gasteiger charge is -2.19. The van der Waals surface area contributed by atoms with Crippen LogP contribution in [0.15, 0.2) is 84.9 Å². The van der Waals surface area contributed by atoms with Crippen LogP contribution in [0.2, 0.25) is 0 Å². The Morgan fingerprint density at radius 3 is 2.03 bits per heavy atom. The standard InChI is InChI=1S/C24H23NO4/c1-25(18-19-10-4-2-5-11-19)23(26)21-14-8-9-15-22(21)24(27)29-17-16-28-20-12-6-3-7-13-20/h2-15H,16-18H2,1H3. The van der Waals surface area contributed by atoms with Gasteiger partial charge in [0, 0.05) is 13.6 Å². The van der Waals surface area contributed by atoms with Crippen LogP contribution < -0.4 is 4.74 Å². The van der Waals surface area contributed by atoms with Gasteiger partial charge in [-0.3, -0.25) is 4.79 Å². The van der Waals surface area contributed by atoms with Crippen molar-refractivity contribution in [2.75, 3.05) is 20.3 Å². The Morgan fingerprint density at radius 2 is 1.34 bits per heavy atom. The predicted molar refractivity (Wildman–Crippen MR) is 111 cm³/mol. The van der Waals surface area contributed by atoms with Gasteiger partial charge < -0.3 is 14.4 Å². The highest BCUT2D eigenvalue weighted by molar-refractivity contribution is 6.05. The van der Waals surface area contributed by atoms with Crippen LogP contribution in [0.4, 0.5) is 0 Å². The van der Waals surface area contributed by atoms with Gasteiger partial charge in [0.05, 0.1) is 11.1 Å². The molecule has 3 rings (SSSR count). The van der Waals surface area contributed by atoms with Crippen LogP contribution in [-0.4, -0.2) is 37.0 Å². The highest BCUT2D eigenvalue weighted by Crippen LogP contribution is 2.15. The normalized spacial score (nSPS) is 10.2. The molecule has 0 unspecified atom stereocenters. The quantitative estimate of drug-likeness (QED) is 0.428. The van der Waals surface area contributed by atoms with Gasteiger partial charge in [0.15, 0.2) is 0 Å². The average molecular weight is 389 g/mol. The Hall–Kier alpha value is -3.60. The van der Waals surface area contributed by atoms with Gasteiger partial charge in [-0.1, -0.05) is 60.7 Å². The van der Waals surface area contributed by atoms with Crippen molar-refractivity contribution in [2.45, 2.75) is 6.54 Å². The Labute approximate surface area is 170 Å². The maximum Gasteiger partial charge on any atom is 0.339 e. The van der Waals surface area contributed by atoms with Crippen LogP contribution >= 0.6 is 0 Å². The first-order chi connectivity index (χ1) is 14.1. The molecule has 0 saturated heterocycles. The molecule has 3 aromatic carbocycles. The van der Waals surface area contributed by atoms with Crippen molar-refractivity contribution in [3.63, 3.8) is 0 Å². The van der Waals surface area contributed by atoms with E-state index in [9.17, 15) is 9.59 Å². The summed E-state index contributed by atoms with van der Waals surface area (Å²) >= 11 is 0. The molecule has 0 spiro atoms. The zero-order valence-corrected chi connectivity index (χ0v) is 16.3. The van der Waals surface area contributed by atoms with Crippen molar-refractivity contribution in [3.05, 3.63) is 102 Å². The van der Waals surface area contributed by atoms with Crippen LogP contribution in [0, 0.1) is 0 Å². The van der Waals surface area contributed by atoms with Crippen LogP contribution in [0.3, 0.4) is 0 Å². The molecule has 0 fully saturated rings. The molecule has 5 heteroatoms. The van der Waals surface area contributed by atoms with E-state index in [2.05, 4.69) is 0 Å². The fourth-order valence-corrected chi connectivity index (χ4v) is 2.87. The van der Waals surface area contributed by atoms with Crippen LogP contribution in [0.1, 0.15) is 26.3 Å². The molecule has 29 heavy (non-hydrogen) atoms. The van der Waals surface area contributed by atoms with Gasteiger partial charge in [-0.2, -0.15) is 0 Å². The Balaban J connectivity index is 1.60. The molecule has 148 valence electrons. The Kier molecular flexibility index (Phi) is 7.00. The van der Waals surface area contributed by atoms with E-state index in [1.54, 1.807) is 36.2 Å². The number of carbonyl (C=O) groups excluding carboxylic acids is 2. The van der Waals surface area contributed by atoms with Crippen molar-refractivity contribution >= 4 is 11.9 Å². The molecule has 0 aliphatic carbocycles. The molecule has 0 atom stereocenters. The number of ether oxygens (including phenoxy) is 2. The third-order valence-electron chi connectivity index (χ3n) is 4.32. The minimum absolute atomic E-state index is 0.0934. The number of carbonyl (C=O) groups is 2. The SMILES string of the molecule is CN(Cc1ccccc1)C(=O)c1ccccc1C(=O)OCCOc1ccccc1. The smallest absolute Gasteiger partial charge is 0.339 e. The first kappa shape index (κ1) is 20.1. The van der Waals surface area contributed by atoms with Crippen LogP contribution in [0.5, 0.6) is 5.75 Å². The van der Waals surface area contributed by atoms with Crippen molar-refractivity contribution in [2.24, 2.45) is 0 Å². The second-order valence-corrected chi connectivity index (χ2v) is 6.49. The Bertz CT molecular complexity index is 941. The summed E-state index contributed by atoms with van der Waals surface area (Å²) in [5.41, 5.74) is 1.58. The monoisotopic (exact) mass is 389 g/mol. The molecule has 0 bridgehead atoms. The molecule has 0 saturated carbocycles. The van der Waals surface area contributed by atoms with Gasteiger partial charge in [-0.25, -0.2) is 4.79 Å². The summed E-state index contributed by atoms with van der Waals surface area (Å²) in [6.07, 6.45) is 0. The van der Waals surface area contributed by atoms with Gasteiger partial charge >= 0.3 is 5.97 Å². The lowest BCUT2D eigenvalue weighted by Crippen LogP contribution is -2.28. The second kappa shape index (κ2) is 10.1. The molecular weight excluding hydrogens is 366 g/mol. The number of amides is 1. The summed E-state index contributed by atoms with van der Waals surface area (Å²) in [4.78, 5) is 27.0. The van der Waals surface area contributed by atoms with Crippen molar-refractivity contribution < 1.29 is 19.1 Å². The van der Waals surface area contributed by atoms with Gasteiger partial charge in [0.1, 0.15) is 19.0 Å². The van der Waals surface area contributed by atoms with E-state index in [0.29, 0.717) is 17.9 Å². The third kappa shape index (κ3) is 5.69. The molecule has 0 aliphatic rings. The minimum Gasteiger partial charge on any atom is -0.490 e. The maximum atomic E-state index is 12.9. The molecule has 5 nitrogen and oxygen atoms in total. The molecule has 0 aliphatic heterocycles. The summed E-state index contributed by atoms with van der Waals surface area (Å²) in [5.74, 6) is -0.0673. The van der Waals surface area contributed by atoms with E-state index in [4.69, 9.17) is 9.47 Å². The largest absolute Gasteiger partial charge is 0.490 e. The lowest BCUT2D eigenvalue weighted by atomic mass is 10.1. The number of hydrogen-bond acceptors (Lipinski definition) is 4. The van der Waals surface area contributed by atoms with Crippen molar-refractivity contribution in [3.8, 4) is 5.75 Å². The van der Waals surface area contributed by atoms with Crippen LogP contribution in [-0.2, 0) is 11.3 Å². The predicted octanol–water partition coefficient (Wildman–Crippen LogP) is 4.19. The highest BCUT2D eigenvalue weighted by Gasteiger charge is 2.20. The zero-order chi connectivity index (χ0) is 20.5. The van der Waals surface area contributed by atoms with Gasteiger partial charge in [-0.05, 0) is 29.8 Å². The molecular formula is C24H23NO4. The molecule has 3 aromatic rings. The average Bonchev–Trinajstić information content (AvgIpc) is 2.77. The first-order valence-electron chi connectivity index (χ1n) is 9.38. The van der Waals surface area contributed by atoms with Crippen molar-refractivity contribution in [1.82, 2.24) is 4.90 Å². The number of para-hydroxylation sites is 1. The molecule has 0 aromatic heterocycles. The molecule has 0 radical (unpaired) electrons. The summed E-state index contributed by atoms with van der Waals surface area (Å²) in [5, 5.41) is 0. The van der Waals surface area contributed by atoms with Crippen LogP contribution in [0.25, 0.3) is 0 Å². The van der Waals surface area contributed by atoms with Gasteiger partial charge in [-0.15, -0.1) is 0 Å². The highest BCUT2D eigenvalue weighted by atomic mass is 16.6. The number of hydrogen-bond donors (Lipinski definition) is 0. The van der Waals surface area contributed by atoms with E-state index in [-0.39, 0.29) is 24.7 Å². The van der Waals surface area contributed by atoms with E-state index in [1.165, 1.54) is 0 Å². The fraction of sp³-hybridized carbons (Fsp3) is 0.167. The number of benzene rings is 3. The summed E-state index contributed by atoms with van der Waals surface area (Å²) in [6.45, 7) is 0.782. The zero-order valence-electron chi connectivity index (χ0n) is 16.3. The summed E-state index contributed by atoms with van der Waals surface area (Å²) < 4.78 is 10.8. The number of rotatable bonds is 8. The minimum atomic E-state index is -0.543. The van der Waals surface area contributed by atoms with E-state index >= 15 is 0 Å². The Morgan fingerprint density at radius 1 is 0.759 bits per heavy atom. The first-order valence-corrected chi connectivity index (χ1v) is 9.38. The van der Waals surface area contributed by atoms with E-state index < -0.39 is 5.97 Å². The van der Waals surface area contributed by atoms with E-state index in [1.807, 2.05) is 60.7 Å². The molecule has 1 amide bonds. The summed E-state index contributed by atoms with van der Waals surface area (Å²) in [6, 6.07) is 25.7. The van der Waals surface area contributed by atoms with Gasteiger partial charge in [0.25, 0.3) is 5.91 Å². The molecule has 0 heterocycles. The molecule has 0 N–H and O–H groups in total. The van der Waals surface area contributed by atoms with E-state index in [0.717, 1.165) is 5.56 Å². The number of esters is 1. The number of nitrogens with zero attached hydrogens (tertiary/aromatic N) is 1. The lowest BCUT2D eigenvalue weighted by molar-refractivity contribution is 0.0445. The maximum absolute atomic E-state index is 12.9. The fourth-order valence-electron chi connectivity index (χ4n) is 2.87. The second-order valence-electron chi connectivity index (χ2n) is 6.49. The topological polar surface area (TPSA) is 55.8 Å². The van der Waals surface area contributed by atoms with Crippen molar-refractivity contribution in [1.29, 1.82) is 0 Å². The van der Waals surface area contributed by atoms with Gasteiger partial charge in [0.2, 0.25) is 0 Å². The summed E-state index contributed by atoms with van der Waals surface area (Å²) in [7, 11) is 1.71.